The molecule has 0 unspecified atom stereocenters. The van der Waals surface area contributed by atoms with Crippen molar-refractivity contribution < 1.29 is 4.79 Å². The highest BCUT2D eigenvalue weighted by atomic mass is 32.1. The van der Waals surface area contributed by atoms with E-state index in [1.807, 2.05) is 0 Å². The zero-order chi connectivity index (χ0) is 14.5. The molecule has 0 spiro atoms. The summed E-state index contributed by atoms with van der Waals surface area (Å²) in [5.74, 6) is 0.114. The molecule has 1 aromatic rings. The maximum Gasteiger partial charge on any atom is 0.261 e. The molecule has 2 N–H and O–H groups in total. The number of hydrogen-bond donors (Lipinski definition) is 2. The molecule has 5 heteroatoms. The minimum absolute atomic E-state index is 0.114. The highest BCUT2D eigenvalue weighted by Crippen LogP contribution is 2.28. The molecule has 1 saturated heterocycles. The molecule has 0 bridgehead atoms. The Morgan fingerprint density at radius 2 is 2.05 bits per heavy atom. The third-order valence-corrected chi connectivity index (χ3v) is 5.63. The second kappa shape index (κ2) is 7.38. The van der Waals surface area contributed by atoms with Crippen molar-refractivity contribution in [2.24, 2.45) is 0 Å². The average Bonchev–Trinajstić information content (AvgIpc) is 2.79. The molecule has 0 saturated carbocycles. The summed E-state index contributed by atoms with van der Waals surface area (Å²) >= 11 is 1.71. The van der Waals surface area contributed by atoms with Crippen molar-refractivity contribution in [3.63, 3.8) is 0 Å². The average molecular weight is 307 g/mol. The number of fused-ring (bicyclic) bond motifs is 1. The molecule has 2 heterocycles. The smallest absolute Gasteiger partial charge is 0.261 e. The number of piperazine rings is 1. The first-order chi connectivity index (χ1) is 10.3. The van der Waals surface area contributed by atoms with E-state index in [0.29, 0.717) is 0 Å². The van der Waals surface area contributed by atoms with Gasteiger partial charge in [-0.25, -0.2) is 0 Å². The lowest BCUT2D eigenvalue weighted by atomic mass is 10.1. The third-order valence-electron chi connectivity index (χ3n) is 4.39. The van der Waals surface area contributed by atoms with Gasteiger partial charge >= 0.3 is 0 Å². The molecule has 116 valence electrons. The van der Waals surface area contributed by atoms with Crippen LogP contribution in [-0.4, -0.2) is 50.1 Å². The zero-order valence-corrected chi connectivity index (χ0v) is 13.4. The fraction of sp³-hybridized carbons (Fsp3) is 0.688. The number of nitrogens with one attached hydrogen (secondary N) is 2. The van der Waals surface area contributed by atoms with E-state index in [4.69, 9.17) is 0 Å². The Morgan fingerprint density at radius 3 is 2.90 bits per heavy atom. The van der Waals surface area contributed by atoms with E-state index in [1.165, 1.54) is 29.7 Å². The number of hydrogen-bond acceptors (Lipinski definition) is 4. The molecule has 0 atom stereocenters. The second-order valence-electron chi connectivity index (χ2n) is 5.97. The van der Waals surface area contributed by atoms with Crippen molar-refractivity contribution in [2.45, 2.75) is 32.1 Å². The SMILES string of the molecule is O=C(NCCN1CCNCC1)c1cc2c(s1)CCCCC2. The van der Waals surface area contributed by atoms with Gasteiger partial charge < -0.3 is 10.6 Å². The van der Waals surface area contributed by atoms with Crippen LogP contribution >= 0.6 is 11.3 Å². The Balaban J connectivity index is 1.48. The number of carbonyl (C=O) groups excluding carboxylic acids is 1. The van der Waals surface area contributed by atoms with Crippen LogP contribution in [0.2, 0.25) is 0 Å². The molecular weight excluding hydrogens is 282 g/mol. The van der Waals surface area contributed by atoms with Crippen LogP contribution in [0.1, 0.15) is 39.4 Å². The van der Waals surface area contributed by atoms with Crippen LogP contribution in [0.4, 0.5) is 0 Å². The maximum absolute atomic E-state index is 12.3. The summed E-state index contributed by atoms with van der Waals surface area (Å²) in [4.78, 5) is 17.0. The van der Waals surface area contributed by atoms with Gasteiger partial charge in [-0.15, -0.1) is 11.3 Å². The number of nitrogens with zero attached hydrogens (tertiary/aromatic N) is 1. The summed E-state index contributed by atoms with van der Waals surface area (Å²) in [6, 6.07) is 2.13. The fourth-order valence-corrected chi connectivity index (χ4v) is 4.30. The molecule has 1 aromatic heterocycles. The molecule has 4 nitrogen and oxygen atoms in total. The Bertz CT molecular complexity index is 456. The summed E-state index contributed by atoms with van der Waals surface area (Å²) in [5.41, 5.74) is 1.42. The van der Waals surface area contributed by atoms with Crippen molar-refractivity contribution >= 4 is 17.2 Å². The van der Waals surface area contributed by atoms with Gasteiger partial charge in [-0.3, -0.25) is 9.69 Å². The van der Waals surface area contributed by atoms with Gasteiger partial charge in [-0.2, -0.15) is 0 Å². The Hall–Kier alpha value is -0.910. The van der Waals surface area contributed by atoms with Crippen molar-refractivity contribution in [3.8, 4) is 0 Å². The van der Waals surface area contributed by atoms with Crippen LogP contribution in [0.5, 0.6) is 0 Å². The molecule has 2 aliphatic rings. The number of aryl methyl sites for hydroxylation is 2. The van der Waals surface area contributed by atoms with Crippen LogP contribution in [0.3, 0.4) is 0 Å². The standard InChI is InChI=1S/C16H25N3OS/c20-16(18-8-11-19-9-6-17-7-10-19)15-12-13-4-2-1-3-5-14(13)21-15/h12,17H,1-11H2,(H,18,20). The molecule has 3 rings (SSSR count). The van der Waals surface area contributed by atoms with E-state index < -0.39 is 0 Å². The van der Waals surface area contributed by atoms with Crippen molar-refractivity contribution in [2.75, 3.05) is 39.3 Å². The van der Waals surface area contributed by atoms with Gasteiger partial charge in [-0.1, -0.05) is 6.42 Å². The lowest BCUT2D eigenvalue weighted by Gasteiger charge is -2.27. The van der Waals surface area contributed by atoms with Crippen molar-refractivity contribution in [1.29, 1.82) is 0 Å². The van der Waals surface area contributed by atoms with Gasteiger partial charge in [0.25, 0.3) is 5.91 Å². The van der Waals surface area contributed by atoms with E-state index in [2.05, 4.69) is 21.6 Å². The Labute approximate surface area is 130 Å². The van der Waals surface area contributed by atoms with Crippen LogP contribution < -0.4 is 10.6 Å². The summed E-state index contributed by atoms with van der Waals surface area (Å²) < 4.78 is 0. The largest absolute Gasteiger partial charge is 0.350 e. The van der Waals surface area contributed by atoms with Crippen molar-refractivity contribution in [3.05, 3.63) is 21.4 Å². The minimum atomic E-state index is 0.114. The lowest BCUT2D eigenvalue weighted by Crippen LogP contribution is -2.46. The van der Waals surface area contributed by atoms with E-state index in [1.54, 1.807) is 11.3 Å². The summed E-state index contributed by atoms with van der Waals surface area (Å²) in [6.45, 7) is 6.00. The van der Waals surface area contributed by atoms with E-state index >= 15 is 0 Å². The summed E-state index contributed by atoms with van der Waals surface area (Å²) in [7, 11) is 0. The molecule has 1 aliphatic heterocycles. The van der Waals surface area contributed by atoms with Crippen LogP contribution in [0.15, 0.2) is 6.07 Å². The predicted molar refractivity (Wildman–Crippen MR) is 87.2 cm³/mol. The van der Waals surface area contributed by atoms with E-state index in [0.717, 1.165) is 57.0 Å². The fourth-order valence-electron chi connectivity index (χ4n) is 3.13. The number of carbonyl (C=O) groups is 1. The lowest BCUT2D eigenvalue weighted by molar-refractivity contribution is 0.0951. The summed E-state index contributed by atoms with van der Waals surface area (Å²) in [5, 5.41) is 6.43. The topological polar surface area (TPSA) is 44.4 Å². The molecule has 1 aliphatic carbocycles. The first-order valence-electron chi connectivity index (χ1n) is 8.16. The van der Waals surface area contributed by atoms with Crippen molar-refractivity contribution in [1.82, 2.24) is 15.5 Å². The van der Waals surface area contributed by atoms with Crippen LogP contribution in [0.25, 0.3) is 0 Å². The minimum Gasteiger partial charge on any atom is -0.350 e. The quantitative estimate of drug-likeness (QED) is 0.832. The first kappa shape index (κ1) is 15.0. The van der Waals surface area contributed by atoms with E-state index in [9.17, 15) is 4.79 Å². The number of amides is 1. The van der Waals surface area contributed by atoms with Crippen LogP contribution in [-0.2, 0) is 12.8 Å². The zero-order valence-electron chi connectivity index (χ0n) is 12.6. The normalized spacial score (nSPS) is 19.8. The van der Waals surface area contributed by atoms with Gasteiger partial charge in [0, 0.05) is 44.1 Å². The first-order valence-corrected chi connectivity index (χ1v) is 8.97. The molecular formula is C16H25N3OS. The molecule has 21 heavy (non-hydrogen) atoms. The molecule has 0 radical (unpaired) electrons. The monoisotopic (exact) mass is 307 g/mol. The van der Waals surface area contributed by atoms with Gasteiger partial charge in [-0.05, 0) is 37.3 Å². The second-order valence-corrected chi connectivity index (χ2v) is 7.10. The number of thiophene rings is 1. The predicted octanol–water partition coefficient (Wildman–Crippen LogP) is 1.65. The van der Waals surface area contributed by atoms with Gasteiger partial charge in [0.05, 0.1) is 4.88 Å². The third kappa shape index (κ3) is 4.05. The Kier molecular flexibility index (Phi) is 5.27. The van der Waals surface area contributed by atoms with Crippen LogP contribution in [0, 0.1) is 0 Å². The van der Waals surface area contributed by atoms with Gasteiger partial charge in [0.2, 0.25) is 0 Å². The highest BCUT2D eigenvalue weighted by Gasteiger charge is 2.16. The number of rotatable bonds is 4. The van der Waals surface area contributed by atoms with E-state index in [-0.39, 0.29) is 5.91 Å². The maximum atomic E-state index is 12.3. The summed E-state index contributed by atoms with van der Waals surface area (Å²) in [6.07, 6.45) is 6.19. The Morgan fingerprint density at radius 1 is 1.24 bits per heavy atom. The molecule has 1 amide bonds. The van der Waals surface area contributed by atoms with Gasteiger partial charge in [0.15, 0.2) is 0 Å². The van der Waals surface area contributed by atoms with Gasteiger partial charge in [0.1, 0.15) is 0 Å². The molecule has 1 fully saturated rings. The highest BCUT2D eigenvalue weighted by molar-refractivity contribution is 7.14. The molecule has 0 aromatic carbocycles.